The summed E-state index contributed by atoms with van der Waals surface area (Å²) < 4.78 is 0. The van der Waals surface area contributed by atoms with Crippen molar-refractivity contribution in [2.75, 3.05) is 6.54 Å². The van der Waals surface area contributed by atoms with E-state index in [1.165, 1.54) is 6.20 Å². The molecule has 0 saturated carbocycles. The van der Waals surface area contributed by atoms with Gasteiger partial charge in [-0.1, -0.05) is 0 Å². The molecule has 80 valence electrons. The van der Waals surface area contributed by atoms with E-state index in [2.05, 4.69) is 4.98 Å². The second-order valence-electron chi connectivity index (χ2n) is 3.34. The van der Waals surface area contributed by atoms with Crippen LogP contribution in [0, 0.1) is 5.92 Å². The second-order valence-corrected chi connectivity index (χ2v) is 3.34. The number of Topliss-reactive ketones (excluding diaryl/α,β-unsaturated/α-hetero) is 1. The van der Waals surface area contributed by atoms with Crippen molar-refractivity contribution in [3.05, 3.63) is 30.1 Å². The van der Waals surface area contributed by atoms with Crippen LogP contribution in [-0.4, -0.2) is 23.6 Å². The predicted octanol–water partition coefficient (Wildman–Crippen LogP) is 0.818. The number of hydrogen-bond donors (Lipinski definition) is 1. The summed E-state index contributed by atoms with van der Waals surface area (Å²) in [7, 11) is 0. The number of rotatable bonds is 6. The molecule has 0 saturated heterocycles. The molecule has 2 N–H and O–H groups in total. The molecular formula is C11H14N2O2. The van der Waals surface area contributed by atoms with Crippen molar-refractivity contribution in [1.82, 2.24) is 4.98 Å². The standard InChI is InChI=1S/C11H14N2O2/c12-6-9(8-14)3-4-11(15)10-2-1-5-13-7-10/h1-2,5,7-9H,3-4,6,12H2. The van der Waals surface area contributed by atoms with E-state index < -0.39 is 0 Å². The smallest absolute Gasteiger partial charge is 0.164 e. The lowest BCUT2D eigenvalue weighted by atomic mass is 10.0. The number of nitrogens with zero attached hydrogens (tertiary/aromatic N) is 1. The van der Waals surface area contributed by atoms with Gasteiger partial charge in [-0.05, 0) is 18.6 Å². The maximum absolute atomic E-state index is 11.6. The van der Waals surface area contributed by atoms with Crippen molar-refractivity contribution in [2.45, 2.75) is 12.8 Å². The summed E-state index contributed by atoms with van der Waals surface area (Å²) in [5, 5.41) is 0. The molecule has 0 amide bonds. The molecule has 4 nitrogen and oxygen atoms in total. The highest BCUT2D eigenvalue weighted by Crippen LogP contribution is 2.07. The third-order valence-corrected chi connectivity index (χ3v) is 2.22. The van der Waals surface area contributed by atoms with Gasteiger partial charge in [-0.2, -0.15) is 0 Å². The number of hydrogen-bond acceptors (Lipinski definition) is 4. The van der Waals surface area contributed by atoms with Crippen LogP contribution >= 0.6 is 0 Å². The van der Waals surface area contributed by atoms with Gasteiger partial charge in [-0.15, -0.1) is 0 Å². The molecule has 1 aromatic heterocycles. The Hall–Kier alpha value is -1.55. The second kappa shape index (κ2) is 6.03. The number of carbonyl (C=O) groups is 2. The number of nitrogens with two attached hydrogens (primary N) is 1. The van der Waals surface area contributed by atoms with Crippen molar-refractivity contribution < 1.29 is 9.59 Å². The van der Waals surface area contributed by atoms with E-state index >= 15 is 0 Å². The zero-order valence-corrected chi connectivity index (χ0v) is 8.43. The van der Waals surface area contributed by atoms with Crippen molar-refractivity contribution in [3.8, 4) is 0 Å². The molecule has 1 aromatic rings. The molecule has 0 aromatic carbocycles. The Bertz CT molecular complexity index is 325. The van der Waals surface area contributed by atoms with Crippen molar-refractivity contribution in [2.24, 2.45) is 11.7 Å². The maximum atomic E-state index is 11.6. The third kappa shape index (κ3) is 3.59. The number of carbonyl (C=O) groups excluding carboxylic acids is 2. The minimum Gasteiger partial charge on any atom is -0.330 e. The van der Waals surface area contributed by atoms with Gasteiger partial charge in [0.15, 0.2) is 5.78 Å². The third-order valence-electron chi connectivity index (χ3n) is 2.22. The van der Waals surface area contributed by atoms with Gasteiger partial charge in [0.2, 0.25) is 0 Å². The van der Waals surface area contributed by atoms with Gasteiger partial charge in [0.1, 0.15) is 6.29 Å². The first-order valence-electron chi connectivity index (χ1n) is 4.86. The first kappa shape index (κ1) is 11.5. The lowest BCUT2D eigenvalue weighted by molar-refractivity contribution is -0.110. The zero-order chi connectivity index (χ0) is 11.1. The lowest BCUT2D eigenvalue weighted by Crippen LogP contribution is -2.16. The SMILES string of the molecule is NCC(C=O)CCC(=O)c1cccnc1. The van der Waals surface area contributed by atoms with Crippen LogP contribution in [0.25, 0.3) is 0 Å². The average Bonchev–Trinajstić information content (AvgIpc) is 2.31. The summed E-state index contributed by atoms with van der Waals surface area (Å²) in [4.78, 5) is 25.9. The monoisotopic (exact) mass is 206 g/mol. The summed E-state index contributed by atoms with van der Waals surface area (Å²) in [6.45, 7) is 0.295. The van der Waals surface area contributed by atoms with Crippen LogP contribution in [0.3, 0.4) is 0 Å². The lowest BCUT2D eigenvalue weighted by Gasteiger charge is -2.05. The highest BCUT2D eigenvalue weighted by Gasteiger charge is 2.10. The van der Waals surface area contributed by atoms with Crippen LogP contribution in [-0.2, 0) is 4.79 Å². The largest absolute Gasteiger partial charge is 0.330 e. The molecule has 1 atom stereocenters. The fourth-order valence-corrected chi connectivity index (χ4v) is 1.23. The van der Waals surface area contributed by atoms with E-state index in [0.717, 1.165) is 6.29 Å². The topological polar surface area (TPSA) is 73.1 Å². The van der Waals surface area contributed by atoms with Crippen LogP contribution in [0.4, 0.5) is 0 Å². The van der Waals surface area contributed by atoms with Gasteiger partial charge < -0.3 is 10.5 Å². The van der Waals surface area contributed by atoms with Gasteiger partial charge in [0, 0.05) is 36.8 Å². The fraction of sp³-hybridized carbons (Fsp3) is 0.364. The van der Waals surface area contributed by atoms with Gasteiger partial charge in [0.05, 0.1) is 0 Å². The van der Waals surface area contributed by atoms with E-state index in [-0.39, 0.29) is 11.7 Å². The van der Waals surface area contributed by atoms with E-state index in [1.54, 1.807) is 18.3 Å². The Kier molecular flexibility index (Phi) is 4.63. The molecule has 0 aliphatic carbocycles. The van der Waals surface area contributed by atoms with E-state index in [1.807, 2.05) is 0 Å². The highest BCUT2D eigenvalue weighted by atomic mass is 16.1. The highest BCUT2D eigenvalue weighted by molar-refractivity contribution is 5.95. The summed E-state index contributed by atoms with van der Waals surface area (Å²) in [5.41, 5.74) is 5.94. The quantitative estimate of drug-likeness (QED) is 0.552. The van der Waals surface area contributed by atoms with Crippen LogP contribution in [0.15, 0.2) is 24.5 Å². The summed E-state index contributed by atoms with van der Waals surface area (Å²) in [6, 6.07) is 3.43. The van der Waals surface area contributed by atoms with Gasteiger partial charge >= 0.3 is 0 Å². The summed E-state index contributed by atoms with van der Waals surface area (Å²) in [6.07, 6.45) is 4.79. The van der Waals surface area contributed by atoms with Gasteiger partial charge in [0.25, 0.3) is 0 Å². The van der Waals surface area contributed by atoms with E-state index in [0.29, 0.717) is 24.9 Å². The number of aldehydes is 1. The van der Waals surface area contributed by atoms with Crippen molar-refractivity contribution in [1.29, 1.82) is 0 Å². The van der Waals surface area contributed by atoms with E-state index in [9.17, 15) is 9.59 Å². The number of aromatic nitrogens is 1. The normalized spacial score (nSPS) is 12.1. The minimum absolute atomic E-state index is 0.00315. The number of ketones is 1. The molecule has 0 aliphatic heterocycles. The molecule has 4 heteroatoms. The van der Waals surface area contributed by atoms with Gasteiger partial charge in [-0.25, -0.2) is 0 Å². The Labute approximate surface area is 88.5 Å². The Balaban J connectivity index is 2.46. The molecule has 15 heavy (non-hydrogen) atoms. The molecule has 0 radical (unpaired) electrons. The molecule has 1 heterocycles. The van der Waals surface area contributed by atoms with Crippen molar-refractivity contribution >= 4 is 12.1 Å². The van der Waals surface area contributed by atoms with Crippen LogP contribution in [0.5, 0.6) is 0 Å². The molecular weight excluding hydrogens is 192 g/mol. The predicted molar refractivity (Wildman–Crippen MR) is 56.4 cm³/mol. The summed E-state index contributed by atoms with van der Waals surface area (Å²) in [5.74, 6) is -0.214. The van der Waals surface area contributed by atoms with Crippen LogP contribution in [0.1, 0.15) is 23.2 Å². The average molecular weight is 206 g/mol. The first-order valence-corrected chi connectivity index (χ1v) is 4.86. The molecule has 0 spiro atoms. The minimum atomic E-state index is -0.217. The summed E-state index contributed by atoms with van der Waals surface area (Å²) >= 11 is 0. The van der Waals surface area contributed by atoms with Crippen LogP contribution < -0.4 is 5.73 Å². The van der Waals surface area contributed by atoms with Crippen molar-refractivity contribution in [3.63, 3.8) is 0 Å². The Morgan fingerprint density at radius 3 is 2.93 bits per heavy atom. The maximum Gasteiger partial charge on any atom is 0.164 e. The number of pyridine rings is 1. The van der Waals surface area contributed by atoms with Gasteiger partial charge in [-0.3, -0.25) is 9.78 Å². The fourth-order valence-electron chi connectivity index (χ4n) is 1.23. The van der Waals surface area contributed by atoms with Crippen LogP contribution in [0.2, 0.25) is 0 Å². The molecule has 0 aliphatic rings. The molecule has 0 fully saturated rings. The zero-order valence-electron chi connectivity index (χ0n) is 8.43. The Morgan fingerprint density at radius 1 is 1.60 bits per heavy atom. The Morgan fingerprint density at radius 2 is 2.40 bits per heavy atom. The first-order chi connectivity index (χ1) is 7.27. The van der Waals surface area contributed by atoms with E-state index in [4.69, 9.17) is 5.73 Å². The molecule has 1 unspecified atom stereocenters. The molecule has 1 rings (SSSR count). The molecule has 0 bridgehead atoms.